The quantitative estimate of drug-likeness (QED) is 0.415. The highest BCUT2D eigenvalue weighted by Crippen LogP contribution is 2.31. The summed E-state index contributed by atoms with van der Waals surface area (Å²) in [5, 5.41) is 16.1. The normalized spacial score (nSPS) is 10.9. The SMILES string of the molecule is O=C(COc1cccc(C(F)(F)F)c1)NCCNc1ccc([N+](=O)[O-])cc1. The first kappa shape index (κ1) is 20.0. The summed E-state index contributed by atoms with van der Waals surface area (Å²) in [6.07, 6.45) is -4.48. The summed E-state index contributed by atoms with van der Waals surface area (Å²) < 4.78 is 42.9. The number of hydrogen-bond donors (Lipinski definition) is 2. The van der Waals surface area contributed by atoms with E-state index in [1.54, 1.807) is 0 Å². The van der Waals surface area contributed by atoms with Crippen molar-refractivity contribution < 1.29 is 27.6 Å². The lowest BCUT2D eigenvalue weighted by Crippen LogP contribution is -2.32. The maximum absolute atomic E-state index is 12.6. The number of non-ortho nitro benzene ring substituents is 1. The van der Waals surface area contributed by atoms with Crippen LogP contribution in [-0.4, -0.2) is 30.5 Å². The minimum Gasteiger partial charge on any atom is -0.484 e. The van der Waals surface area contributed by atoms with Crippen LogP contribution in [0.15, 0.2) is 48.5 Å². The molecular weight excluding hydrogens is 367 g/mol. The molecule has 0 unspecified atom stereocenters. The van der Waals surface area contributed by atoms with E-state index in [-0.39, 0.29) is 18.0 Å². The lowest BCUT2D eigenvalue weighted by atomic mass is 10.2. The molecular formula is C17H16F3N3O4. The molecule has 0 heterocycles. The van der Waals surface area contributed by atoms with Crippen molar-refractivity contribution in [2.24, 2.45) is 0 Å². The number of nitro benzene ring substituents is 1. The molecule has 7 nitrogen and oxygen atoms in total. The van der Waals surface area contributed by atoms with Gasteiger partial charge in [0.25, 0.3) is 11.6 Å². The number of ether oxygens (including phenoxy) is 1. The molecule has 0 saturated carbocycles. The summed E-state index contributed by atoms with van der Waals surface area (Å²) in [6.45, 7) is 0.174. The Kier molecular flexibility index (Phi) is 6.58. The third kappa shape index (κ3) is 6.49. The van der Waals surface area contributed by atoms with Crippen LogP contribution >= 0.6 is 0 Å². The number of hydrogen-bond acceptors (Lipinski definition) is 5. The molecule has 0 fully saturated rings. The Bertz CT molecular complexity index is 795. The van der Waals surface area contributed by atoms with Gasteiger partial charge in [-0.1, -0.05) is 6.07 Å². The molecule has 2 N–H and O–H groups in total. The predicted molar refractivity (Wildman–Crippen MR) is 91.5 cm³/mol. The van der Waals surface area contributed by atoms with Crippen molar-refractivity contribution >= 4 is 17.3 Å². The molecule has 0 aliphatic carbocycles. The minimum atomic E-state index is -4.48. The van der Waals surface area contributed by atoms with E-state index in [0.29, 0.717) is 12.2 Å². The number of carbonyl (C=O) groups excluding carboxylic acids is 1. The summed E-state index contributed by atoms with van der Waals surface area (Å²) in [5.74, 6) is -0.540. The third-order valence-electron chi connectivity index (χ3n) is 3.39. The summed E-state index contributed by atoms with van der Waals surface area (Å²) in [7, 11) is 0. The maximum Gasteiger partial charge on any atom is 0.416 e. The van der Waals surface area contributed by atoms with Crippen LogP contribution in [0.4, 0.5) is 24.5 Å². The summed E-state index contributed by atoms with van der Waals surface area (Å²) in [6, 6.07) is 10.0. The van der Waals surface area contributed by atoms with Crippen molar-refractivity contribution in [2.45, 2.75) is 6.18 Å². The van der Waals surface area contributed by atoms with Crippen LogP contribution in [0.3, 0.4) is 0 Å². The molecule has 2 aromatic rings. The number of nitrogens with zero attached hydrogens (tertiary/aromatic N) is 1. The van der Waals surface area contributed by atoms with E-state index in [1.807, 2.05) is 0 Å². The number of amides is 1. The van der Waals surface area contributed by atoms with Crippen LogP contribution in [0.2, 0.25) is 0 Å². The highest BCUT2D eigenvalue weighted by Gasteiger charge is 2.30. The van der Waals surface area contributed by atoms with Crippen LogP contribution in [0, 0.1) is 10.1 Å². The molecule has 0 aliphatic heterocycles. The first-order valence-electron chi connectivity index (χ1n) is 7.81. The fraction of sp³-hybridized carbons (Fsp3) is 0.235. The first-order valence-corrected chi connectivity index (χ1v) is 7.81. The molecule has 144 valence electrons. The molecule has 0 spiro atoms. The van der Waals surface area contributed by atoms with E-state index < -0.39 is 29.2 Å². The van der Waals surface area contributed by atoms with Gasteiger partial charge in [-0.3, -0.25) is 14.9 Å². The Morgan fingerprint density at radius 2 is 1.81 bits per heavy atom. The van der Waals surface area contributed by atoms with Crippen LogP contribution in [0.25, 0.3) is 0 Å². The number of carbonyl (C=O) groups is 1. The average Bonchev–Trinajstić information content (AvgIpc) is 2.63. The topological polar surface area (TPSA) is 93.5 Å². The van der Waals surface area contributed by atoms with Gasteiger partial charge in [-0.2, -0.15) is 13.2 Å². The van der Waals surface area contributed by atoms with Gasteiger partial charge in [0.05, 0.1) is 10.5 Å². The molecule has 0 bridgehead atoms. The highest BCUT2D eigenvalue weighted by molar-refractivity contribution is 5.77. The highest BCUT2D eigenvalue weighted by atomic mass is 19.4. The number of rotatable bonds is 8. The summed E-state index contributed by atoms with van der Waals surface area (Å²) >= 11 is 0. The van der Waals surface area contributed by atoms with Crippen molar-refractivity contribution in [3.05, 3.63) is 64.2 Å². The van der Waals surface area contributed by atoms with Crippen LogP contribution in [0.1, 0.15) is 5.56 Å². The molecule has 0 aliphatic rings. The van der Waals surface area contributed by atoms with Gasteiger partial charge in [0.15, 0.2) is 6.61 Å². The minimum absolute atomic E-state index is 0.0272. The first-order chi connectivity index (χ1) is 12.8. The zero-order valence-corrected chi connectivity index (χ0v) is 14.0. The van der Waals surface area contributed by atoms with Gasteiger partial charge in [-0.05, 0) is 30.3 Å². The molecule has 1 amide bonds. The second-order valence-electron chi connectivity index (χ2n) is 5.39. The molecule has 10 heteroatoms. The van der Waals surface area contributed by atoms with Crippen molar-refractivity contribution in [1.82, 2.24) is 5.32 Å². The lowest BCUT2D eigenvalue weighted by Gasteiger charge is -2.11. The standard InChI is InChI=1S/C17H16F3N3O4/c18-17(19,20)12-2-1-3-15(10-12)27-11-16(24)22-9-8-21-13-4-6-14(7-5-13)23(25)26/h1-7,10,21H,8-9,11H2,(H,22,24). The van der Waals surface area contributed by atoms with E-state index in [0.717, 1.165) is 12.1 Å². The van der Waals surface area contributed by atoms with Gasteiger partial charge < -0.3 is 15.4 Å². The fourth-order valence-electron chi connectivity index (χ4n) is 2.07. The Balaban J connectivity index is 1.70. The van der Waals surface area contributed by atoms with Gasteiger partial charge >= 0.3 is 6.18 Å². The summed E-state index contributed by atoms with van der Waals surface area (Å²) in [4.78, 5) is 21.7. The molecule has 0 aromatic heterocycles. The predicted octanol–water partition coefficient (Wildman–Crippen LogP) is 3.22. The van der Waals surface area contributed by atoms with Crippen LogP contribution < -0.4 is 15.4 Å². The average molecular weight is 383 g/mol. The molecule has 2 rings (SSSR count). The van der Waals surface area contributed by atoms with E-state index in [2.05, 4.69) is 10.6 Å². The molecule has 27 heavy (non-hydrogen) atoms. The largest absolute Gasteiger partial charge is 0.484 e. The number of benzene rings is 2. The molecule has 0 atom stereocenters. The van der Waals surface area contributed by atoms with E-state index in [4.69, 9.17) is 4.74 Å². The second-order valence-corrected chi connectivity index (χ2v) is 5.39. The van der Waals surface area contributed by atoms with Gasteiger partial charge in [0.1, 0.15) is 5.75 Å². The monoisotopic (exact) mass is 383 g/mol. The van der Waals surface area contributed by atoms with Crippen LogP contribution in [0.5, 0.6) is 5.75 Å². The number of anilines is 1. The molecule has 0 radical (unpaired) electrons. The Labute approximate surface area is 152 Å². The van der Waals surface area contributed by atoms with E-state index in [1.165, 1.54) is 36.4 Å². The zero-order valence-electron chi connectivity index (χ0n) is 14.0. The number of halogens is 3. The van der Waals surface area contributed by atoms with Gasteiger partial charge in [-0.25, -0.2) is 0 Å². The molecule has 0 saturated heterocycles. The third-order valence-corrected chi connectivity index (χ3v) is 3.39. The van der Waals surface area contributed by atoms with Crippen molar-refractivity contribution in [3.8, 4) is 5.75 Å². The Morgan fingerprint density at radius 1 is 1.11 bits per heavy atom. The maximum atomic E-state index is 12.6. The molecule has 2 aromatic carbocycles. The number of alkyl halides is 3. The van der Waals surface area contributed by atoms with Crippen LogP contribution in [-0.2, 0) is 11.0 Å². The lowest BCUT2D eigenvalue weighted by molar-refractivity contribution is -0.384. The Hall–Kier alpha value is -3.30. The van der Waals surface area contributed by atoms with Gasteiger partial charge in [-0.15, -0.1) is 0 Å². The number of nitro groups is 1. The van der Waals surface area contributed by atoms with Crippen molar-refractivity contribution in [1.29, 1.82) is 0 Å². The van der Waals surface area contributed by atoms with E-state index in [9.17, 15) is 28.1 Å². The fourth-order valence-corrected chi connectivity index (χ4v) is 2.07. The summed E-state index contributed by atoms with van der Waals surface area (Å²) in [5.41, 5.74) is -0.233. The van der Waals surface area contributed by atoms with Gasteiger partial charge in [0.2, 0.25) is 0 Å². The Morgan fingerprint density at radius 3 is 2.44 bits per heavy atom. The second kappa shape index (κ2) is 8.88. The van der Waals surface area contributed by atoms with Gasteiger partial charge in [0, 0.05) is 30.9 Å². The smallest absolute Gasteiger partial charge is 0.416 e. The number of nitrogens with one attached hydrogen (secondary N) is 2. The van der Waals surface area contributed by atoms with Crippen molar-refractivity contribution in [2.75, 3.05) is 25.0 Å². The zero-order chi connectivity index (χ0) is 19.9. The van der Waals surface area contributed by atoms with Crippen molar-refractivity contribution in [3.63, 3.8) is 0 Å². The van der Waals surface area contributed by atoms with E-state index >= 15 is 0 Å².